The minimum atomic E-state index is -1.68. The first-order chi connectivity index (χ1) is 25.2. The maximum Gasteiger partial charge on any atom is 0.315 e. The minimum absolute atomic E-state index is 0.00817. The highest BCUT2D eigenvalue weighted by atomic mass is 16.7. The molecular weight excluding hydrogens is 700 g/mol. The second kappa shape index (κ2) is 14.0. The molecular formula is C41H66O13. The molecule has 13 nitrogen and oxygen atoms in total. The fourth-order valence-corrected chi connectivity index (χ4v) is 13.3. The molecule has 0 radical (unpaired) electrons. The standard InChI is InChI=1S/C41H66O13/c1-36(2)25-9-12-40(6)26(38(25,4)11-10-27(36)53-33-31(48)28(45)23(44)19-51-33)8-7-21-22-17-37(3,20-43)13-15-41(22,16-14-39(21,40)5)35(50)54-34-32(49)30(47)29(46)24(18-42)52-34/h7,22-34,42-49H,8-20H2,1-6H3/t22-,23+,24+,25-,26+,27-,28-,29+,30-,31+,32+,33-,34-,37+,38-,39+,40+,41-/m0/s1. The van der Waals surface area contributed by atoms with Crippen LogP contribution in [0.15, 0.2) is 11.6 Å². The Hall–Kier alpha value is -1.23. The molecule has 0 aromatic heterocycles. The van der Waals surface area contributed by atoms with Gasteiger partial charge in [-0.2, -0.15) is 0 Å². The Morgan fingerprint density at radius 1 is 0.796 bits per heavy atom. The lowest BCUT2D eigenvalue weighted by Gasteiger charge is -2.71. The number of carbonyl (C=O) groups excluding carboxylic acids is 1. The molecule has 0 aromatic carbocycles. The van der Waals surface area contributed by atoms with Crippen LogP contribution in [0, 0.1) is 50.2 Å². The van der Waals surface area contributed by atoms with Crippen molar-refractivity contribution >= 4 is 5.97 Å². The Kier molecular flexibility index (Phi) is 10.6. The van der Waals surface area contributed by atoms with Gasteiger partial charge < -0.3 is 59.8 Å². The first-order valence-corrected chi connectivity index (χ1v) is 20.4. The lowest BCUT2D eigenvalue weighted by Crippen LogP contribution is -2.66. The largest absolute Gasteiger partial charge is 0.432 e. The molecule has 0 amide bonds. The van der Waals surface area contributed by atoms with Gasteiger partial charge in [-0.05, 0) is 109 Å². The van der Waals surface area contributed by atoms with Gasteiger partial charge in [0.2, 0.25) is 6.29 Å². The number of allylic oxidation sites excluding steroid dienone is 2. The maximum atomic E-state index is 14.6. The van der Waals surface area contributed by atoms with Crippen molar-refractivity contribution in [2.75, 3.05) is 19.8 Å². The predicted octanol–water partition coefficient (Wildman–Crippen LogP) is 1.93. The van der Waals surface area contributed by atoms with Gasteiger partial charge in [-0.3, -0.25) is 4.79 Å². The van der Waals surface area contributed by atoms with E-state index in [9.17, 15) is 45.6 Å². The number of hydrogen-bond donors (Lipinski definition) is 8. The molecule has 7 aliphatic rings. The summed E-state index contributed by atoms with van der Waals surface area (Å²) < 4.78 is 23.7. The Balaban J connectivity index is 1.17. The first-order valence-electron chi connectivity index (χ1n) is 20.4. The van der Waals surface area contributed by atoms with Crippen molar-refractivity contribution in [3.05, 3.63) is 11.6 Å². The van der Waals surface area contributed by atoms with Gasteiger partial charge in [-0.1, -0.05) is 53.2 Å². The number of rotatable bonds is 6. The van der Waals surface area contributed by atoms with Crippen molar-refractivity contribution in [3.63, 3.8) is 0 Å². The van der Waals surface area contributed by atoms with Crippen LogP contribution >= 0.6 is 0 Å². The summed E-state index contributed by atoms with van der Waals surface area (Å²) in [5.41, 5.74) is -0.739. The van der Waals surface area contributed by atoms with Gasteiger partial charge in [0.05, 0.1) is 24.7 Å². The highest BCUT2D eigenvalue weighted by Crippen LogP contribution is 2.76. The summed E-state index contributed by atoms with van der Waals surface area (Å²) in [6.45, 7) is 13.1. The lowest BCUT2D eigenvalue weighted by molar-refractivity contribution is -0.308. The van der Waals surface area contributed by atoms with Crippen LogP contribution in [-0.4, -0.2) is 128 Å². The molecule has 5 aliphatic carbocycles. The van der Waals surface area contributed by atoms with Gasteiger partial charge in [0.1, 0.15) is 42.7 Å². The van der Waals surface area contributed by atoms with Gasteiger partial charge in [0, 0.05) is 6.61 Å². The molecule has 18 atom stereocenters. The molecule has 13 heteroatoms. The zero-order valence-electron chi connectivity index (χ0n) is 32.9. The summed E-state index contributed by atoms with van der Waals surface area (Å²) in [6, 6.07) is 0. The maximum absolute atomic E-state index is 14.6. The normalized spacial score (nSPS) is 54.3. The lowest BCUT2D eigenvalue weighted by atomic mass is 9.33. The average molecular weight is 767 g/mol. The topological polar surface area (TPSA) is 216 Å². The molecule has 54 heavy (non-hydrogen) atoms. The second-order valence-electron chi connectivity index (χ2n) is 20.0. The van der Waals surface area contributed by atoms with E-state index in [1.807, 2.05) is 0 Å². The molecule has 2 heterocycles. The molecule has 308 valence electrons. The third kappa shape index (κ3) is 5.92. The van der Waals surface area contributed by atoms with Crippen molar-refractivity contribution in [2.45, 2.75) is 167 Å². The summed E-state index contributed by atoms with van der Waals surface area (Å²) in [5, 5.41) is 82.9. The van der Waals surface area contributed by atoms with E-state index in [0.29, 0.717) is 37.5 Å². The van der Waals surface area contributed by atoms with E-state index in [-0.39, 0.29) is 46.9 Å². The summed E-state index contributed by atoms with van der Waals surface area (Å²) in [7, 11) is 0. The Morgan fingerprint density at radius 3 is 2.17 bits per heavy atom. The molecule has 7 rings (SSSR count). The van der Waals surface area contributed by atoms with Crippen LogP contribution in [0.2, 0.25) is 0 Å². The molecule has 8 N–H and O–H groups in total. The van der Waals surface area contributed by atoms with Gasteiger partial charge in [-0.25, -0.2) is 0 Å². The van der Waals surface area contributed by atoms with E-state index in [1.165, 1.54) is 5.57 Å². The summed E-state index contributed by atoms with van der Waals surface area (Å²) in [5.74, 6) is -0.0936. The third-order valence-electron chi connectivity index (χ3n) is 17.1. The molecule has 0 bridgehead atoms. The van der Waals surface area contributed by atoms with Crippen molar-refractivity contribution in [1.82, 2.24) is 0 Å². The van der Waals surface area contributed by atoms with Gasteiger partial charge in [0.25, 0.3) is 0 Å². The van der Waals surface area contributed by atoms with Gasteiger partial charge >= 0.3 is 5.97 Å². The molecule has 4 saturated carbocycles. The SMILES string of the molecule is CC1(C)[C@@H](O[C@@H]2OC[C@@H](O)[C@H](O)[C@H]2O)CC[C@]2(C)[C@H]3CC=C4[C@@H]5C[C@](C)(CO)CC[C@]5(C(=O)O[C@@H]5O[C@H](CO)[C@@H](O)[C@H](O)[C@H]5O)CC[C@@]4(C)[C@]3(C)CC[C@@H]12. The van der Waals surface area contributed by atoms with Crippen LogP contribution in [0.4, 0.5) is 0 Å². The van der Waals surface area contributed by atoms with Crippen LogP contribution in [0.5, 0.6) is 0 Å². The molecule has 0 unspecified atom stereocenters. The number of aliphatic hydroxyl groups is 8. The second-order valence-corrected chi connectivity index (χ2v) is 20.0. The average Bonchev–Trinajstić information content (AvgIpc) is 3.13. The van der Waals surface area contributed by atoms with E-state index < -0.39 is 78.7 Å². The van der Waals surface area contributed by atoms with Gasteiger partial charge in [0.15, 0.2) is 6.29 Å². The van der Waals surface area contributed by atoms with Crippen molar-refractivity contribution < 1.29 is 64.6 Å². The van der Waals surface area contributed by atoms with E-state index >= 15 is 0 Å². The zero-order chi connectivity index (χ0) is 39.4. The monoisotopic (exact) mass is 766 g/mol. The van der Waals surface area contributed by atoms with E-state index in [2.05, 4.69) is 47.6 Å². The smallest absolute Gasteiger partial charge is 0.315 e. The van der Waals surface area contributed by atoms with Crippen molar-refractivity contribution in [3.8, 4) is 0 Å². The Bertz CT molecular complexity index is 1450. The summed E-state index contributed by atoms with van der Waals surface area (Å²) in [4.78, 5) is 14.6. The van der Waals surface area contributed by atoms with Crippen LogP contribution in [0.1, 0.15) is 106 Å². The first kappa shape index (κ1) is 40.9. The van der Waals surface area contributed by atoms with Crippen molar-refractivity contribution in [1.29, 1.82) is 0 Å². The van der Waals surface area contributed by atoms with Gasteiger partial charge in [-0.15, -0.1) is 0 Å². The molecule has 0 spiro atoms. The van der Waals surface area contributed by atoms with Crippen LogP contribution in [0.3, 0.4) is 0 Å². The summed E-state index contributed by atoms with van der Waals surface area (Å²) in [6.07, 6.45) is -2.82. The number of carbonyl (C=O) groups is 1. The zero-order valence-corrected chi connectivity index (χ0v) is 32.9. The molecule has 2 aliphatic heterocycles. The number of aliphatic hydroxyl groups excluding tert-OH is 8. The molecule has 6 fully saturated rings. The quantitative estimate of drug-likeness (QED) is 0.110. The fraction of sp³-hybridized carbons (Fsp3) is 0.927. The van der Waals surface area contributed by atoms with Crippen LogP contribution < -0.4 is 0 Å². The molecule has 0 aromatic rings. The minimum Gasteiger partial charge on any atom is -0.432 e. The summed E-state index contributed by atoms with van der Waals surface area (Å²) >= 11 is 0. The number of esters is 1. The molecule has 2 saturated heterocycles. The number of fused-ring (bicyclic) bond motifs is 7. The van der Waals surface area contributed by atoms with Crippen molar-refractivity contribution in [2.24, 2.45) is 50.2 Å². The van der Waals surface area contributed by atoms with Crippen LogP contribution in [0.25, 0.3) is 0 Å². The van der Waals surface area contributed by atoms with E-state index in [4.69, 9.17) is 18.9 Å². The Morgan fingerprint density at radius 2 is 1.48 bits per heavy atom. The number of ether oxygens (including phenoxy) is 4. The Labute approximate surface area is 319 Å². The van der Waals surface area contributed by atoms with E-state index in [0.717, 1.165) is 38.5 Å². The predicted molar refractivity (Wildman–Crippen MR) is 193 cm³/mol. The third-order valence-corrected chi connectivity index (χ3v) is 17.1. The van der Waals surface area contributed by atoms with E-state index in [1.54, 1.807) is 0 Å². The van der Waals surface area contributed by atoms with Crippen LogP contribution in [-0.2, 0) is 23.7 Å². The highest BCUT2D eigenvalue weighted by molar-refractivity contribution is 5.79. The number of hydrogen-bond acceptors (Lipinski definition) is 13. The fourth-order valence-electron chi connectivity index (χ4n) is 13.3. The highest BCUT2D eigenvalue weighted by Gasteiger charge is 2.70.